The van der Waals surface area contributed by atoms with E-state index in [9.17, 15) is 4.79 Å². The highest BCUT2D eigenvalue weighted by atomic mass is 32.1. The van der Waals surface area contributed by atoms with Crippen molar-refractivity contribution in [1.82, 2.24) is 14.8 Å². The molecule has 1 aromatic rings. The van der Waals surface area contributed by atoms with Gasteiger partial charge in [0.1, 0.15) is 10.7 Å². The molecule has 2 N–H and O–H groups in total. The van der Waals surface area contributed by atoms with Gasteiger partial charge in [0.15, 0.2) is 0 Å². The Morgan fingerprint density at radius 1 is 1.44 bits per heavy atom. The number of nitrogens with two attached hydrogens (primary N) is 1. The van der Waals surface area contributed by atoms with Crippen LogP contribution in [0.3, 0.4) is 0 Å². The van der Waals surface area contributed by atoms with Crippen molar-refractivity contribution in [2.75, 3.05) is 34.2 Å². The molecule has 0 spiro atoms. The minimum atomic E-state index is -0.115. The maximum Gasteiger partial charge on any atom is 0.273 e. The maximum absolute atomic E-state index is 12.1. The fraction of sp³-hybridized carbons (Fsp3) is 0.667. The number of rotatable bonds is 6. The van der Waals surface area contributed by atoms with Crippen molar-refractivity contribution < 1.29 is 4.79 Å². The van der Waals surface area contributed by atoms with Crippen LogP contribution in [0.5, 0.6) is 0 Å². The van der Waals surface area contributed by atoms with E-state index in [1.807, 2.05) is 28.1 Å². The number of carbonyl (C=O) groups is 1. The highest BCUT2D eigenvalue weighted by Gasteiger charge is 2.16. The summed E-state index contributed by atoms with van der Waals surface area (Å²) in [5, 5.41) is 2.59. The van der Waals surface area contributed by atoms with Crippen molar-refractivity contribution in [3.63, 3.8) is 0 Å². The van der Waals surface area contributed by atoms with Crippen LogP contribution in [0.1, 0.15) is 34.9 Å². The van der Waals surface area contributed by atoms with Gasteiger partial charge in [-0.05, 0) is 34.0 Å². The number of nitrogens with zero attached hydrogens (tertiary/aromatic N) is 3. The number of carbonyl (C=O) groups excluding carboxylic acids is 1. The summed E-state index contributed by atoms with van der Waals surface area (Å²) in [7, 11) is 5.86. The van der Waals surface area contributed by atoms with E-state index in [2.05, 4.69) is 9.88 Å². The van der Waals surface area contributed by atoms with E-state index < -0.39 is 0 Å². The lowest BCUT2D eigenvalue weighted by atomic mass is 10.3. The first kappa shape index (κ1) is 15.1. The van der Waals surface area contributed by atoms with Crippen molar-refractivity contribution >= 4 is 17.2 Å². The van der Waals surface area contributed by atoms with Crippen LogP contribution < -0.4 is 5.73 Å². The van der Waals surface area contributed by atoms with E-state index in [-0.39, 0.29) is 11.9 Å². The molecule has 1 amide bonds. The fourth-order valence-electron chi connectivity index (χ4n) is 1.52. The zero-order chi connectivity index (χ0) is 13.7. The van der Waals surface area contributed by atoms with Crippen LogP contribution >= 0.6 is 11.3 Å². The molecule has 0 bridgehead atoms. The number of hydrogen-bond donors (Lipinski definition) is 1. The van der Waals surface area contributed by atoms with Gasteiger partial charge in [-0.15, -0.1) is 11.3 Å². The molecule has 102 valence electrons. The molecule has 1 heterocycles. The summed E-state index contributed by atoms with van der Waals surface area (Å²) in [5.41, 5.74) is 6.23. The molecule has 0 fully saturated rings. The van der Waals surface area contributed by atoms with Crippen LogP contribution in [-0.2, 0) is 0 Å². The predicted octanol–water partition coefficient (Wildman–Crippen LogP) is 1.19. The van der Waals surface area contributed by atoms with Gasteiger partial charge in [0.25, 0.3) is 5.91 Å². The summed E-state index contributed by atoms with van der Waals surface area (Å²) in [4.78, 5) is 20.2. The molecule has 1 unspecified atom stereocenters. The van der Waals surface area contributed by atoms with E-state index in [1.165, 1.54) is 11.3 Å². The summed E-state index contributed by atoms with van der Waals surface area (Å²) >= 11 is 1.44. The monoisotopic (exact) mass is 270 g/mol. The van der Waals surface area contributed by atoms with Gasteiger partial charge in [0, 0.05) is 19.0 Å². The zero-order valence-corrected chi connectivity index (χ0v) is 12.3. The second-order valence-corrected chi connectivity index (χ2v) is 5.63. The molecule has 1 atom stereocenters. The van der Waals surface area contributed by atoms with Gasteiger partial charge < -0.3 is 15.5 Å². The Morgan fingerprint density at radius 3 is 2.61 bits per heavy atom. The largest absolute Gasteiger partial charge is 0.340 e. The molecule has 0 aliphatic heterocycles. The van der Waals surface area contributed by atoms with E-state index >= 15 is 0 Å². The van der Waals surface area contributed by atoms with E-state index in [1.54, 1.807) is 10.3 Å². The Hall–Kier alpha value is -0.980. The predicted molar refractivity (Wildman–Crippen MR) is 74.8 cm³/mol. The Kier molecular flexibility index (Phi) is 5.71. The van der Waals surface area contributed by atoms with Gasteiger partial charge in [0.2, 0.25) is 0 Å². The molecule has 5 nitrogen and oxygen atoms in total. The van der Waals surface area contributed by atoms with Crippen LogP contribution in [0.2, 0.25) is 0 Å². The third kappa shape index (κ3) is 4.36. The summed E-state index contributed by atoms with van der Waals surface area (Å²) < 4.78 is 0. The lowest BCUT2D eigenvalue weighted by Crippen LogP contribution is -2.30. The van der Waals surface area contributed by atoms with Crippen LogP contribution in [0.4, 0.5) is 0 Å². The number of aromatic nitrogens is 1. The number of thiazole rings is 1. The van der Waals surface area contributed by atoms with Crippen molar-refractivity contribution in [2.45, 2.75) is 19.4 Å². The van der Waals surface area contributed by atoms with Crippen LogP contribution in [0, 0.1) is 0 Å². The third-order valence-corrected chi connectivity index (χ3v) is 3.62. The second-order valence-electron chi connectivity index (χ2n) is 4.74. The molecule has 6 heteroatoms. The molecule has 1 rings (SSSR count). The molecular weight excluding hydrogens is 248 g/mol. The second kappa shape index (κ2) is 6.82. The van der Waals surface area contributed by atoms with Gasteiger partial charge in [-0.3, -0.25) is 4.79 Å². The molecule has 0 aliphatic rings. The van der Waals surface area contributed by atoms with Gasteiger partial charge >= 0.3 is 0 Å². The van der Waals surface area contributed by atoms with Gasteiger partial charge in [-0.2, -0.15) is 0 Å². The summed E-state index contributed by atoms with van der Waals surface area (Å²) in [6, 6.07) is -0.115. The van der Waals surface area contributed by atoms with E-state index in [0.717, 1.165) is 24.5 Å². The summed E-state index contributed by atoms with van der Waals surface area (Å²) in [6.07, 6.45) is 0.958. The Bertz CT molecular complexity index is 389. The van der Waals surface area contributed by atoms with Crippen molar-refractivity contribution in [3.8, 4) is 0 Å². The number of hydrogen-bond acceptors (Lipinski definition) is 5. The summed E-state index contributed by atoms with van der Waals surface area (Å²) in [6.45, 7) is 3.58. The number of amides is 1. The topological polar surface area (TPSA) is 62.5 Å². The first-order chi connectivity index (χ1) is 8.41. The lowest BCUT2D eigenvalue weighted by molar-refractivity contribution is 0.0785. The van der Waals surface area contributed by atoms with Gasteiger partial charge in [-0.1, -0.05) is 0 Å². The lowest BCUT2D eigenvalue weighted by Gasteiger charge is -2.17. The Labute approximate surface area is 113 Å². The van der Waals surface area contributed by atoms with Crippen molar-refractivity contribution in [3.05, 3.63) is 16.1 Å². The third-order valence-electron chi connectivity index (χ3n) is 2.58. The quantitative estimate of drug-likeness (QED) is 0.843. The van der Waals surface area contributed by atoms with E-state index in [0.29, 0.717) is 5.69 Å². The normalized spacial score (nSPS) is 12.8. The van der Waals surface area contributed by atoms with E-state index in [4.69, 9.17) is 5.73 Å². The standard InChI is InChI=1S/C12H22N4OS/c1-9(13)11-14-10(8-18-11)12(17)16(4)7-5-6-15(2)3/h8-9H,5-7,13H2,1-4H3. The molecule has 0 aliphatic carbocycles. The van der Waals surface area contributed by atoms with Crippen LogP contribution in [0.15, 0.2) is 5.38 Å². The smallest absolute Gasteiger partial charge is 0.273 e. The average Bonchev–Trinajstić information content (AvgIpc) is 2.76. The highest BCUT2D eigenvalue weighted by molar-refractivity contribution is 7.09. The van der Waals surface area contributed by atoms with Gasteiger partial charge in [0.05, 0.1) is 6.04 Å². The Morgan fingerprint density at radius 2 is 2.11 bits per heavy atom. The fourth-order valence-corrected chi connectivity index (χ4v) is 2.27. The zero-order valence-electron chi connectivity index (χ0n) is 11.5. The molecule has 18 heavy (non-hydrogen) atoms. The highest BCUT2D eigenvalue weighted by Crippen LogP contribution is 2.16. The van der Waals surface area contributed by atoms with Crippen LogP contribution in [0.25, 0.3) is 0 Å². The molecule has 0 saturated heterocycles. The average molecular weight is 270 g/mol. The minimum absolute atomic E-state index is 0.0306. The first-order valence-corrected chi connectivity index (χ1v) is 6.91. The van der Waals surface area contributed by atoms with Crippen molar-refractivity contribution in [1.29, 1.82) is 0 Å². The van der Waals surface area contributed by atoms with Crippen LogP contribution in [-0.4, -0.2) is 54.9 Å². The maximum atomic E-state index is 12.1. The van der Waals surface area contributed by atoms with Crippen molar-refractivity contribution in [2.24, 2.45) is 5.73 Å². The SMILES string of the molecule is CC(N)c1nc(C(=O)N(C)CCCN(C)C)cs1. The molecule has 0 radical (unpaired) electrons. The van der Waals surface area contributed by atoms with Gasteiger partial charge in [-0.25, -0.2) is 4.98 Å². The molecule has 1 aromatic heterocycles. The summed E-state index contributed by atoms with van der Waals surface area (Å²) in [5.74, 6) is -0.0306. The minimum Gasteiger partial charge on any atom is -0.340 e. The molecule has 0 saturated carbocycles. The first-order valence-electron chi connectivity index (χ1n) is 6.03. The Balaban J connectivity index is 2.52. The molecule has 0 aromatic carbocycles. The molecular formula is C12H22N4OS.